The van der Waals surface area contributed by atoms with E-state index in [1.165, 1.54) is 11.1 Å². The molecule has 0 aliphatic heterocycles. The number of amides is 1. The molecule has 5 heteroatoms. The lowest BCUT2D eigenvalue weighted by Gasteiger charge is -2.24. The molecule has 1 saturated carbocycles. The molecule has 4 rings (SSSR count). The second kappa shape index (κ2) is 7.40. The van der Waals surface area contributed by atoms with Crippen molar-refractivity contribution in [3.05, 3.63) is 59.7 Å². The van der Waals surface area contributed by atoms with Gasteiger partial charge in [0.1, 0.15) is 12.1 Å². The smallest absolute Gasteiger partial charge is 0.408 e. The van der Waals surface area contributed by atoms with Gasteiger partial charge in [-0.3, -0.25) is 0 Å². The average molecular weight is 375 g/mol. The molecule has 0 bridgehead atoms. The number of fused-ring (bicyclic) bond motifs is 3. The Morgan fingerprint density at radius 2 is 1.61 bits per heavy atom. The maximum atomic E-state index is 12.5. The van der Waals surface area contributed by atoms with Crippen LogP contribution < -0.4 is 5.32 Å². The van der Waals surface area contributed by atoms with Crippen LogP contribution in [-0.4, -0.2) is 29.3 Å². The molecular formula is C23H21NO4. The normalized spacial score (nSPS) is 16.4. The van der Waals surface area contributed by atoms with Crippen LogP contribution in [-0.2, 0) is 9.53 Å². The summed E-state index contributed by atoms with van der Waals surface area (Å²) in [4.78, 5) is 23.3. The van der Waals surface area contributed by atoms with Crippen molar-refractivity contribution in [2.24, 2.45) is 0 Å². The second-order valence-electron chi connectivity index (χ2n) is 7.29. The lowest BCUT2D eigenvalue weighted by atomic mass is 9.98. The Labute approximate surface area is 163 Å². The van der Waals surface area contributed by atoms with Gasteiger partial charge in [0.2, 0.25) is 0 Å². The van der Waals surface area contributed by atoms with Crippen molar-refractivity contribution >= 4 is 12.1 Å². The molecule has 2 aliphatic carbocycles. The third kappa shape index (κ3) is 3.46. The summed E-state index contributed by atoms with van der Waals surface area (Å²) >= 11 is 0. The van der Waals surface area contributed by atoms with E-state index in [9.17, 15) is 9.59 Å². The van der Waals surface area contributed by atoms with Crippen LogP contribution in [0, 0.1) is 11.8 Å². The van der Waals surface area contributed by atoms with E-state index in [-0.39, 0.29) is 12.5 Å². The number of carbonyl (C=O) groups excluding carboxylic acids is 1. The summed E-state index contributed by atoms with van der Waals surface area (Å²) in [7, 11) is 0. The highest BCUT2D eigenvalue weighted by molar-refractivity contribution is 5.87. The quantitative estimate of drug-likeness (QED) is 0.797. The number of rotatable bonds is 3. The third-order valence-corrected chi connectivity index (χ3v) is 5.55. The first-order valence-corrected chi connectivity index (χ1v) is 9.47. The minimum atomic E-state index is -1.19. The first-order valence-electron chi connectivity index (χ1n) is 9.47. The Balaban J connectivity index is 1.48. The molecule has 0 spiro atoms. The number of carboxylic acids is 1. The molecule has 0 unspecified atom stereocenters. The molecule has 28 heavy (non-hydrogen) atoms. The molecule has 0 radical (unpaired) electrons. The fraction of sp³-hybridized carbons (Fsp3) is 0.304. The molecule has 1 amide bonds. The Bertz CT molecular complexity index is 934. The zero-order valence-corrected chi connectivity index (χ0v) is 15.4. The predicted octanol–water partition coefficient (Wildman–Crippen LogP) is 3.93. The maximum absolute atomic E-state index is 12.5. The molecule has 2 aromatic carbocycles. The van der Waals surface area contributed by atoms with Crippen molar-refractivity contribution in [1.82, 2.24) is 5.32 Å². The minimum absolute atomic E-state index is 0.0113. The van der Waals surface area contributed by atoms with Gasteiger partial charge in [0.15, 0.2) is 0 Å². The lowest BCUT2D eigenvalue weighted by molar-refractivity contribution is -0.130. The van der Waals surface area contributed by atoms with E-state index in [0.29, 0.717) is 12.8 Å². The molecule has 0 heterocycles. The van der Waals surface area contributed by atoms with Crippen molar-refractivity contribution < 1.29 is 19.4 Å². The number of benzene rings is 2. The van der Waals surface area contributed by atoms with Crippen molar-refractivity contribution in [2.75, 3.05) is 6.61 Å². The second-order valence-corrected chi connectivity index (χ2v) is 7.29. The Morgan fingerprint density at radius 3 is 2.18 bits per heavy atom. The van der Waals surface area contributed by atoms with Crippen LogP contribution in [0.3, 0.4) is 0 Å². The molecule has 5 nitrogen and oxygen atoms in total. The number of ether oxygens (including phenoxy) is 1. The van der Waals surface area contributed by atoms with Gasteiger partial charge in [-0.05, 0) is 47.9 Å². The molecule has 2 aliphatic rings. The molecule has 1 fully saturated rings. The van der Waals surface area contributed by atoms with Gasteiger partial charge in [0, 0.05) is 11.8 Å². The number of hydrogen-bond donors (Lipinski definition) is 2. The molecule has 0 atom stereocenters. The van der Waals surface area contributed by atoms with E-state index in [1.807, 2.05) is 24.3 Å². The Hall–Kier alpha value is -3.26. The highest BCUT2D eigenvalue weighted by atomic mass is 16.5. The zero-order valence-electron chi connectivity index (χ0n) is 15.4. The lowest BCUT2D eigenvalue weighted by Crippen LogP contribution is -2.45. The number of nitrogens with one attached hydrogen (secondary N) is 1. The fourth-order valence-electron chi connectivity index (χ4n) is 4.26. The van der Waals surface area contributed by atoms with Gasteiger partial charge in [-0.15, -0.1) is 0 Å². The monoisotopic (exact) mass is 375 g/mol. The minimum Gasteiger partial charge on any atom is -0.472 e. The van der Waals surface area contributed by atoms with E-state index in [4.69, 9.17) is 9.84 Å². The highest BCUT2D eigenvalue weighted by Crippen LogP contribution is 2.44. The topological polar surface area (TPSA) is 75.6 Å². The summed E-state index contributed by atoms with van der Waals surface area (Å²) in [5.74, 6) is 3.67. The predicted molar refractivity (Wildman–Crippen MR) is 105 cm³/mol. The van der Waals surface area contributed by atoms with Crippen LogP contribution in [0.5, 0.6) is 0 Å². The average Bonchev–Trinajstić information content (AvgIpc) is 3.28. The number of alkyl carbamates (subject to hydrolysis) is 1. The third-order valence-electron chi connectivity index (χ3n) is 5.55. The number of carbonyl (C=O) groups is 2. The van der Waals surface area contributed by atoms with Gasteiger partial charge in [0.25, 0.3) is 0 Å². The van der Waals surface area contributed by atoms with Crippen molar-refractivity contribution in [3.8, 4) is 23.0 Å². The van der Waals surface area contributed by atoms with Crippen molar-refractivity contribution in [1.29, 1.82) is 0 Å². The number of carboxylic acid groups (broad SMARTS) is 1. The van der Waals surface area contributed by atoms with Crippen LogP contribution in [0.1, 0.15) is 42.7 Å². The standard InChI is InChI=1S/C23H21NO4/c25-21(26)11-14-23(12-5-6-13-23)24-22(27)28-15-20-18-9-3-1-7-16(18)17-8-2-4-10-19(17)20/h1-4,7-10,20H,5-6,12-13,15H2,(H,24,27)(H,25,26). The summed E-state index contributed by atoms with van der Waals surface area (Å²) in [5.41, 5.74) is 3.84. The molecule has 2 aromatic rings. The maximum Gasteiger partial charge on any atom is 0.408 e. The Kier molecular flexibility index (Phi) is 4.79. The van der Waals surface area contributed by atoms with E-state index in [2.05, 4.69) is 41.4 Å². The van der Waals surface area contributed by atoms with E-state index >= 15 is 0 Å². The van der Waals surface area contributed by atoms with Gasteiger partial charge >= 0.3 is 12.1 Å². The van der Waals surface area contributed by atoms with E-state index in [1.54, 1.807) is 0 Å². The SMILES string of the molecule is O=C(O)C#CC1(NC(=O)OCC2c3ccccc3-c3ccccc32)CCCC1. The summed E-state index contributed by atoms with van der Waals surface area (Å²) in [6.07, 6.45) is 2.52. The number of aliphatic carboxylic acids is 1. The van der Waals surface area contributed by atoms with Crippen LogP contribution >= 0.6 is 0 Å². The van der Waals surface area contributed by atoms with E-state index < -0.39 is 17.6 Å². The first-order chi connectivity index (χ1) is 13.6. The van der Waals surface area contributed by atoms with Gasteiger partial charge < -0.3 is 15.2 Å². The summed E-state index contributed by atoms with van der Waals surface area (Å²) in [5, 5.41) is 11.7. The van der Waals surface area contributed by atoms with Gasteiger partial charge in [-0.1, -0.05) is 54.5 Å². The molecule has 142 valence electrons. The largest absolute Gasteiger partial charge is 0.472 e. The summed E-state index contributed by atoms with van der Waals surface area (Å²) < 4.78 is 5.57. The van der Waals surface area contributed by atoms with Crippen LogP contribution in [0.4, 0.5) is 4.79 Å². The molecule has 0 aromatic heterocycles. The zero-order chi connectivity index (χ0) is 19.6. The molecular weight excluding hydrogens is 354 g/mol. The van der Waals surface area contributed by atoms with Crippen LogP contribution in [0.25, 0.3) is 11.1 Å². The van der Waals surface area contributed by atoms with Crippen molar-refractivity contribution in [2.45, 2.75) is 37.1 Å². The number of hydrogen-bond acceptors (Lipinski definition) is 3. The summed E-state index contributed by atoms with van der Waals surface area (Å²) in [6.45, 7) is 0.225. The molecule has 2 N–H and O–H groups in total. The Morgan fingerprint density at radius 1 is 1.04 bits per heavy atom. The summed E-state index contributed by atoms with van der Waals surface area (Å²) in [6, 6.07) is 16.3. The van der Waals surface area contributed by atoms with Crippen molar-refractivity contribution in [3.63, 3.8) is 0 Å². The van der Waals surface area contributed by atoms with Crippen LogP contribution in [0.2, 0.25) is 0 Å². The van der Waals surface area contributed by atoms with Gasteiger partial charge in [-0.25, -0.2) is 9.59 Å². The van der Waals surface area contributed by atoms with Gasteiger partial charge in [0.05, 0.1) is 0 Å². The first kappa shape index (κ1) is 18.1. The fourth-order valence-corrected chi connectivity index (χ4v) is 4.26. The van der Waals surface area contributed by atoms with Crippen LogP contribution in [0.15, 0.2) is 48.5 Å². The van der Waals surface area contributed by atoms with Gasteiger partial charge in [-0.2, -0.15) is 0 Å². The molecule has 0 saturated heterocycles. The van der Waals surface area contributed by atoms with E-state index in [0.717, 1.165) is 24.0 Å². The highest BCUT2D eigenvalue weighted by Gasteiger charge is 2.35.